The van der Waals surface area contributed by atoms with Crippen molar-refractivity contribution in [3.8, 4) is 5.75 Å². The van der Waals surface area contributed by atoms with Crippen LogP contribution in [0.15, 0.2) is 47.4 Å². The summed E-state index contributed by atoms with van der Waals surface area (Å²) in [5, 5.41) is 2.88. The maximum atomic E-state index is 13.7. The van der Waals surface area contributed by atoms with E-state index in [-0.39, 0.29) is 17.7 Å². The molecule has 0 aliphatic carbocycles. The highest BCUT2D eigenvalue weighted by Crippen LogP contribution is 2.22. The monoisotopic (exact) mass is 333 g/mol. The lowest BCUT2D eigenvalue weighted by atomic mass is 10.1. The number of benzene rings is 2. The Hall–Kier alpha value is -2.01. The summed E-state index contributed by atoms with van der Waals surface area (Å²) >= 11 is 1.48. The van der Waals surface area contributed by atoms with Gasteiger partial charge in [-0.3, -0.25) is 4.79 Å². The third-order valence-electron chi connectivity index (χ3n) is 3.44. The van der Waals surface area contributed by atoms with Crippen molar-refractivity contribution in [1.29, 1.82) is 0 Å². The number of hydrogen-bond donors (Lipinski definition) is 1. The molecule has 1 atom stereocenters. The molecule has 0 fully saturated rings. The molecule has 0 spiro atoms. The van der Waals surface area contributed by atoms with E-state index in [1.807, 2.05) is 38.1 Å². The minimum atomic E-state index is -0.430. The van der Waals surface area contributed by atoms with Crippen molar-refractivity contribution in [2.75, 3.05) is 12.9 Å². The van der Waals surface area contributed by atoms with Crippen LogP contribution in [0, 0.1) is 12.7 Å². The van der Waals surface area contributed by atoms with Crippen LogP contribution in [-0.4, -0.2) is 18.8 Å². The van der Waals surface area contributed by atoms with Crippen LogP contribution in [0.2, 0.25) is 0 Å². The first-order chi connectivity index (χ1) is 11.0. The van der Waals surface area contributed by atoms with E-state index in [9.17, 15) is 9.18 Å². The van der Waals surface area contributed by atoms with Gasteiger partial charge in [0.15, 0.2) is 11.6 Å². The van der Waals surface area contributed by atoms with Crippen molar-refractivity contribution in [1.82, 2.24) is 5.32 Å². The second-order valence-electron chi connectivity index (χ2n) is 5.28. The molecule has 122 valence electrons. The first-order valence-electron chi connectivity index (χ1n) is 7.32. The van der Waals surface area contributed by atoms with Gasteiger partial charge in [-0.2, -0.15) is 0 Å². The Morgan fingerprint density at radius 3 is 2.57 bits per heavy atom. The molecule has 1 N–H and O–H groups in total. The third kappa shape index (κ3) is 4.99. The summed E-state index contributed by atoms with van der Waals surface area (Å²) in [4.78, 5) is 13.1. The van der Waals surface area contributed by atoms with E-state index in [1.165, 1.54) is 30.5 Å². The molecule has 0 unspecified atom stereocenters. The minimum Gasteiger partial charge on any atom is -0.494 e. The van der Waals surface area contributed by atoms with E-state index >= 15 is 0 Å². The summed E-state index contributed by atoms with van der Waals surface area (Å²) in [5.41, 5.74) is 1.89. The van der Waals surface area contributed by atoms with Crippen molar-refractivity contribution < 1.29 is 13.9 Å². The van der Waals surface area contributed by atoms with E-state index in [0.717, 1.165) is 4.90 Å². The average molecular weight is 333 g/mol. The van der Waals surface area contributed by atoms with Crippen molar-refractivity contribution in [3.63, 3.8) is 0 Å². The highest BCUT2D eigenvalue weighted by atomic mass is 32.2. The molecule has 23 heavy (non-hydrogen) atoms. The number of methoxy groups -OCH3 is 1. The summed E-state index contributed by atoms with van der Waals surface area (Å²) in [6.07, 6.45) is 0. The molecular weight excluding hydrogens is 313 g/mol. The quantitative estimate of drug-likeness (QED) is 0.809. The lowest BCUT2D eigenvalue weighted by molar-refractivity contribution is -0.119. The van der Waals surface area contributed by atoms with Gasteiger partial charge in [0.2, 0.25) is 5.91 Å². The van der Waals surface area contributed by atoms with Crippen LogP contribution in [0.1, 0.15) is 24.1 Å². The van der Waals surface area contributed by atoms with Gasteiger partial charge in [0, 0.05) is 4.90 Å². The SMILES string of the molecule is COc1ccc([C@H](C)NC(=O)CSc2ccc(C)cc2)cc1F. The molecule has 2 aromatic carbocycles. The van der Waals surface area contributed by atoms with Crippen LogP contribution in [0.25, 0.3) is 0 Å². The van der Waals surface area contributed by atoms with E-state index in [1.54, 1.807) is 12.1 Å². The number of ether oxygens (including phenoxy) is 1. The molecule has 0 bridgehead atoms. The topological polar surface area (TPSA) is 38.3 Å². The molecule has 1 amide bonds. The van der Waals surface area contributed by atoms with Gasteiger partial charge in [0.25, 0.3) is 0 Å². The highest BCUT2D eigenvalue weighted by Gasteiger charge is 2.12. The number of aryl methyl sites for hydroxylation is 1. The van der Waals surface area contributed by atoms with Crippen LogP contribution in [0.4, 0.5) is 4.39 Å². The Morgan fingerprint density at radius 2 is 1.96 bits per heavy atom. The van der Waals surface area contributed by atoms with Crippen LogP contribution in [0.5, 0.6) is 5.75 Å². The summed E-state index contributed by atoms with van der Waals surface area (Å²) in [5.74, 6) is 0.00750. The highest BCUT2D eigenvalue weighted by molar-refractivity contribution is 8.00. The molecule has 0 radical (unpaired) electrons. The molecule has 0 aliphatic heterocycles. The second-order valence-corrected chi connectivity index (χ2v) is 6.33. The number of nitrogens with one attached hydrogen (secondary N) is 1. The zero-order chi connectivity index (χ0) is 16.8. The fraction of sp³-hybridized carbons (Fsp3) is 0.278. The predicted molar refractivity (Wildman–Crippen MR) is 91.4 cm³/mol. The molecule has 0 saturated heterocycles. The standard InChI is InChI=1S/C18H20FNO2S/c1-12-4-7-15(8-5-12)23-11-18(21)20-13(2)14-6-9-17(22-3)16(19)10-14/h4-10,13H,11H2,1-3H3,(H,20,21)/t13-/m0/s1. The van der Waals surface area contributed by atoms with Gasteiger partial charge in [0.1, 0.15) is 0 Å². The van der Waals surface area contributed by atoms with Gasteiger partial charge in [-0.25, -0.2) is 4.39 Å². The van der Waals surface area contributed by atoms with Crippen molar-refractivity contribution in [2.24, 2.45) is 0 Å². The predicted octanol–water partition coefficient (Wildman–Crippen LogP) is 4.11. The Labute approximate surface area is 140 Å². The Morgan fingerprint density at radius 1 is 1.26 bits per heavy atom. The Bertz CT molecular complexity index is 673. The van der Waals surface area contributed by atoms with E-state index in [4.69, 9.17) is 4.74 Å². The lowest BCUT2D eigenvalue weighted by Crippen LogP contribution is -2.28. The minimum absolute atomic E-state index is 0.0840. The molecule has 2 rings (SSSR count). The Balaban J connectivity index is 1.89. The third-order valence-corrected chi connectivity index (χ3v) is 4.46. The molecular formula is C18H20FNO2S. The van der Waals surface area contributed by atoms with Gasteiger partial charge in [0.05, 0.1) is 18.9 Å². The number of thioether (sulfide) groups is 1. The number of carbonyl (C=O) groups excluding carboxylic acids is 1. The summed E-state index contributed by atoms with van der Waals surface area (Å²) < 4.78 is 18.6. The maximum absolute atomic E-state index is 13.7. The zero-order valence-corrected chi connectivity index (χ0v) is 14.2. The maximum Gasteiger partial charge on any atom is 0.230 e. The first-order valence-corrected chi connectivity index (χ1v) is 8.30. The number of carbonyl (C=O) groups is 1. The van der Waals surface area contributed by atoms with Crippen LogP contribution < -0.4 is 10.1 Å². The summed E-state index contributed by atoms with van der Waals surface area (Å²) in [7, 11) is 1.42. The van der Waals surface area contributed by atoms with E-state index < -0.39 is 5.82 Å². The number of rotatable bonds is 6. The largest absolute Gasteiger partial charge is 0.494 e. The van der Waals surface area contributed by atoms with Crippen LogP contribution >= 0.6 is 11.8 Å². The smallest absolute Gasteiger partial charge is 0.230 e. The van der Waals surface area contributed by atoms with Gasteiger partial charge in [-0.15, -0.1) is 11.8 Å². The number of halogens is 1. The van der Waals surface area contributed by atoms with Gasteiger partial charge >= 0.3 is 0 Å². The number of amides is 1. The summed E-state index contributed by atoms with van der Waals surface area (Å²) in [6.45, 7) is 3.85. The molecule has 0 aromatic heterocycles. The molecule has 0 heterocycles. The molecule has 5 heteroatoms. The fourth-order valence-corrected chi connectivity index (χ4v) is 2.81. The molecule has 0 aliphatic rings. The molecule has 2 aromatic rings. The summed E-state index contributed by atoms with van der Waals surface area (Å²) in [6, 6.07) is 12.5. The normalized spacial score (nSPS) is 11.8. The zero-order valence-electron chi connectivity index (χ0n) is 13.4. The Kier molecular flexibility index (Phi) is 6.04. The fourth-order valence-electron chi connectivity index (χ4n) is 2.10. The molecule has 3 nitrogen and oxygen atoms in total. The molecule has 0 saturated carbocycles. The number of hydrogen-bond acceptors (Lipinski definition) is 3. The average Bonchev–Trinajstić information content (AvgIpc) is 2.54. The van der Waals surface area contributed by atoms with Crippen molar-refractivity contribution in [2.45, 2.75) is 24.8 Å². The van der Waals surface area contributed by atoms with Gasteiger partial charge < -0.3 is 10.1 Å². The van der Waals surface area contributed by atoms with E-state index in [2.05, 4.69) is 5.32 Å². The van der Waals surface area contributed by atoms with Crippen LogP contribution in [-0.2, 0) is 4.79 Å². The second kappa shape index (κ2) is 8.02. The van der Waals surface area contributed by atoms with Crippen LogP contribution in [0.3, 0.4) is 0 Å². The van der Waals surface area contributed by atoms with Gasteiger partial charge in [-0.1, -0.05) is 23.8 Å². The van der Waals surface area contributed by atoms with Gasteiger partial charge in [-0.05, 0) is 43.7 Å². The van der Waals surface area contributed by atoms with E-state index in [0.29, 0.717) is 11.3 Å². The van der Waals surface area contributed by atoms with Crippen molar-refractivity contribution in [3.05, 3.63) is 59.4 Å². The van der Waals surface area contributed by atoms with Crippen molar-refractivity contribution >= 4 is 17.7 Å². The lowest BCUT2D eigenvalue weighted by Gasteiger charge is -2.15. The first kappa shape index (κ1) is 17.3.